The molecule has 1 atom stereocenters. The van der Waals surface area contributed by atoms with Gasteiger partial charge in [0.05, 0.1) is 17.3 Å². The molecule has 1 aromatic heterocycles. The first-order chi connectivity index (χ1) is 13.8. The van der Waals surface area contributed by atoms with Crippen molar-refractivity contribution < 1.29 is 13.2 Å². The monoisotopic (exact) mass is 454 g/mol. The summed E-state index contributed by atoms with van der Waals surface area (Å²) in [5.41, 5.74) is 0.869. The van der Waals surface area contributed by atoms with Gasteiger partial charge in [0, 0.05) is 29.7 Å². The maximum Gasteiger partial charge on any atom is 0.233 e. The van der Waals surface area contributed by atoms with Crippen molar-refractivity contribution in [2.45, 2.75) is 31.1 Å². The topological polar surface area (TPSA) is 85.2 Å². The molecule has 2 heterocycles. The maximum absolute atomic E-state index is 12.7. The highest BCUT2D eigenvalue weighted by molar-refractivity contribution is 7.99. The van der Waals surface area contributed by atoms with Crippen molar-refractivity contribution in [2.24, 2.45) is 0 Å². The Morgan fingerprint density at radius 3 is 2.69 bits per heavy atom. The van der Waals surface area contributed by atoms with Crippen molar-refractivity contribution in [2.75, 3.05) is 23.8 Å². The van der Waals surface area contributed by atoms with Crippen LogP contribution < -0.4 is 0 Å². The molecule has 0 saturated carbocycles. The standard InChI is InChI=1S/C19H23ClN4O3S2/c1-3-10-24-18(14-5-7-15(20)8-6-14)21-22-19(24)28-12-17(25)23(4-2)16-9-11-29(26,27)13-16/h3,5-8,16H,1,4,9-13H2,2H3/t16-/m1/s1. The van der Waals surface area contributed by atoms with E-state index in [1.807, 2.05) is 23.6 Å². The number of hydrogen-bond acceptors (Lipinski definition) is 6. The minimum absolute atomic E-state index is 0.0462. The van der Waals surface area contributed by atoms with Gasteiger partial charge >= 0.3 is 0 Å². The molecule has 1 saturated heterocycles. The van der Waals surface area contributed by atoms with Crippen LogP contribution in [0.25, 0.3) is 11.4 Å². The molecule has 1 fully saturated rings. The Balaban J connectivity index is 1.73. The number of halogens is 1. The number of benzene rings is 1. The first-order valence-corrected chi connectivity index (χ1v) is 12.5. The molecule has 29 heavy (non-hydrogen) atoms. The van der Waals surface area contributed by atoms with Crippen LogP contribution in [0.2, 0.25) is 5.02 Å². The van der Waals surface area contributed by atoms with E-state index in [9.17, 15) is 13.2 Å². The van der Waals surface area contributed by atoms with E-state index in [4.69, 9.17) is 11.6 Å². The molecule has 7 nitrogen and oxygen atoms in total. The van der Waals surface area contributed by atoms with Crippen LogP contribution in [0.15, 0.2) is 42.1 Å². The highest BCUT2D eigenvalue weighted by Crippen LogP contribution is 2.26. The fourth-order valence-corrected chi connectivity index (χ4v) is 6.06. The molecule has 1 aliphatic rings. The summed E-state index contributed by atoms with van der Waals surface area (Å²) in [4.78, 5) is 14.4. The van der Waals surface area contributed by atoms with Gasteiger partial charge in [-0.25, -0.2) is 8.42 Å². The lowest BCUT2D eigenvalue weighted by atomic mass is 10.2. The zero-order chi connectivity index (χ0) is 21.0. The second-order valence-electron chi connectivity index (χ2n) is 6.74. The van der Waals surface area contributed by atoms with Gasteiger partial charge in [-0.2, -0.15) is 0 Å². The largest absolute Gasteiger partial charge is 0.338 e. The van der Waals surface area contributed by atoms with E-state index < -0.39 is 9.84 Å². The summed E-state index contributed by atoms with van der Waals surface area (Å²) in [7, 11) is -3.04. The lowest BCUT2D eigenvalue weighted by molar-refractivity contribution is -0.129. The Hall–Kier alpha value is -1.84. The summed E-state index contributed by atoms with van der Waals surface area (Å²) < 4.78 is 25.4. The number of thioether (sulfide) groups is 1. The molecule has 0 bridgehead atoms. The quantitative estimate of drug-likeness (QED) is 0.450. The molecule has 0 unspecified atom stereocenters. The van der Waals surface area contributed by atoms with E-state index in [2.05, 4.69) is 16.8 Å². The van der Waals surface area contributed by atoms with Crippen molar-refractivity contribution in [1.29, 1.82) is 0 Å². The van der Waals surface area contributed by atoms with E-state index in [0.29, 0.717) is 35.5 Å². The van der Waals surface area contributed by atoms with Crippen molar-refractivity contribution >= 4 is 39.1 Å². The predicted molar refractivity (Wildman–Crippen MR) is 116 cm³/mol. The van der Waals surface area contributed by atoms with Crippen molar-refractivity contribution in [3.8, 4) is 11.4 Å². The third-order valence-corrected chi connectivity index (χ3v) is 7.72. The number of rotatable bonds is 8. The lowest BCUT2D eigenvalue weighted by Crippen LogP contribution is -2.42. The molecule has 2 aromatic rings. The van der Waals surface area contributed by atoms with Crippen LogP contribution in [0.3, 0.4) is 0 Å². The lowest BCUT2D eigenvalue weighted by Gasteiger charge is -2.26. The van der Waals surface area contributed by atoms with Crippen LogP contribution in [0.5, 0.6) is 0 Å². The number of nitrogens with zero attached hydrogens (tertiary/aromatic N) is 4. The number of allylic oxidation sites excluding steroid dienone is 1. The SMILES string of the molecule is C=CCn1c(SCC(=O)N(CC)[C@@H]2CCS(=O)(=O)C2)nnc1-c1ccc(Cl)cc1. The molecule has 0 spiro atoms. The molecule has 0 aliphatic carbocycles. The molecule has 1 aromatic carbocycles. The van der Waals surface area contributed by atoms with Crippen LogP contribution in [-0.4, -0.2) is 63.8 Å². The van der Waals surface area contributed by atoms with E-state index in [1.54, 1.807) is 23.1 Å². The van der Waals surface area contributed by atoms with Gasteiger partial charge in [-0.1, -0.05) is 29.4 Å². The van der Waals surface area contributed by atoms with E-state index in [1.165, 1.54) is 11.8 Å². The normalized spacial score (nSPS) is 17.9. The fraction of sp³-hybridized carbons (Fsp3) is 0.421. The Kier molecular flexibility index (Phi) is 7.02. The summed E-state index contributed by atoms with van der Waals surface area (Å²) in [6.07, 6.45) is 2.25. The first kappa shape index (κ1) is 21.9. The summed E-state index contributed by atoms with van der Waals surface area (Å²) in [6, 6.07) is 7.06. The van der Waals surface area contributed by atoms with E-state index in [0.717, 1.165) is 5.56 Å². The number of amides is 1. The van der Waals surface area contributed by atoms with Gasteiger partial charge in [-0.15, -0.1) is 16.8 Å². The Labute approximate surface area is 180 Å². The summed E-state index contributed by atoms with van der Waals surface area (Å²) in [6.45, 7) is 6.64. The fourth-order valence-electron chi connectivity index (χ4n) is 3.37. The number of sulfone groups is 1. The third kappa shape index (κ3) is 5.21. The zero-order valence-electron chi connectivity index (χ0n) is 16.1. The minimum Gasteiger partial charge on any atom is -0.338 e. The van der Waals surface area contributed by atoms with Gasteiger partial charge in [0.15, 0.2) is 20.8 Å². The molecular formula is C19H23ClN4O3S2. The smallest absolute Gasteiger partial charge is 0.233 e. The van der Waals surface area contributed by atoms with Crippen LogP contribution in [0.4, 0.5) is 0 Å². The summed E-state index contributed by atoms with van der Waals surface area (Å²) >= 11 is 7.25. The van der Waals surface area contributed by atoms with Gasteiger partial charge < -0.3 is 4.90 Å². The van der Waals surface area contributed by atoms with Gasteiger partial charge in [0.2, 0.25) is 5.91 Å². The molecule has 0 radical (unpaired) electrons. The molecular weight excluding hydrogens is 432 g/mol. The Bertz CT molecular complexity index is 989. The maximum atomic E-state index is 12.7. The second kappa shape index (κ2) is 9.32. The average Bonchev–Trinajstić information content (AvgIpc) is 3.25. The van der Waals surface area contributed by atoms with Crippen molar-refractivity contribution in [3.05, 3.63) is 41.9 Å². The summed E-state index contributed by atoms with van der Waals surface area (Å²) in [5.74, 6) is 0.934. The highest BCUT2D eigenvalue weighted by atomic mass is 35.5. The first-order valence-electron chi connectivity index (χ1n) is 9.27. The van der Waals surface area contributed by atoms with Gasteiger partial charge in [-0.05, 0) is 37.6 Å². The van der Waals surface area contributed by atoms with Crippen LogP contribution in [0.1, 0.15) is 13.3 Å². The highest BCUT2D eigenvalue weighted by Gasteiger charge is 2.33. The summed E-state index contributed by atoms with van der Waals surface area (Å²) in [5, 5.41) is 9.76. The Morgan fingerprint density at radius 1 is 1.38 bits per heavy atom. The van der Waals surface area contributed by atoms with Crippen LogP contribution in [-0.2, 0) is 21.2 Å². The van der Waals surface area contributed by atoms with Crippen LogP contribution in [0, 0.1) is 0 Å². The molecule has 3 rings (SSSR count). The molecule has 0 N–H and O–H groups in total. The van der Waals surface area contributed by atoms with Gasteiger partial charge in [0.1, 0.15) is 0 Å². The number of hydrogen-bond donors (Lipinski definition) is 0. The van der Waals surface area contributed by atoms with Gasteiger partial charge in [-0.3, -0.25) is 9.36 Å². The molecule has 10 heteroatoms. The Morgan fingerprint density at radius 2 is 2.10 bits per heavy atom. The second-order valence-corrected chi connectivity index (χ2v) is 10.3. The van der Waals surface area contributed by atoms with Crippen molar-refractivity contribution in [1.82, 2.24) is 19.7 Å². The van der Waals surface area contributed by atoms with E-state index in [-0.39, 0.29) is 29.2 Å². The third-order valence-electron chi connectivity index (χ3n) is 4.77. The molecule has 1 aliphatic heterocycles. The zero-order valence-corrected chi connectivity index (χ0v) is 18.5. The van der Waals surface area contributed by atoms with E-state index >= 15 is 0 Å². The van der Waals surface area contributed by atoms with Crippen LogP contribution >= 0.6 is 23.4 Å². The number of carbonyl (C=O) groups is 1. The molecule has 1 amide bonds. The predicted octanol–water partition coefficient (Wildman–Crippen LogP) is 2.91. The molecule has 156 valence electrons. The number of carbonyl (C=O) groups excluding carboxylic acids is 1. The minimum atomic E-state index is -3.04. The number of aromatic nitrogens is 3. The average molecular weight is 455 g/mol. The van der Waals surface area contributed by atoms with Crippen molar-refractivity contribution in [3.63, 3.8) is 0 Å². The van der Waals surface area contributed by atoms with Gasteiger partial charge in [0.25, 0.3) is 0 Å².